The normalized spacial score (nSPS) is 20.4. The van der Waals surface area contributed by atoms with Crippen molar-refractivity contribution in [3.8, 4) is 6.07 Å². The van der Waals surface area contributed by atoms with Crippen molar-refractivity contribution in [1.82, 2.24) is 9.88 Å². The molecule has 10 nitrogen and oxygen atoms in total. The van der Waals surface area contributed by atoms with Crippen molar-refractivity contribution in [2.24, 2.45) is 0 Å². The van der Waals surface area contributed by atoms with Crippen molar-refractivity contribution in [3.05, 3.63) is 87.4 Å². The van der Waals surface area contributed by atoms with Crippen LogP contribution in [0.4, 0.5) is 16.5 Å². The number of methoxy groups -OCH3 is 1. The van der Waals surface area contributed by atoms with Crippen molar-refractivity contribution in [3.63, 3.8) is 0 Å². The molecule has 4 aromatic rings. The lowest BCUT2D eigenvalue weighted by Crippen LogP contribution is -2.53. The predicted molar refractivity (Wildman–Crippen MR) is 151 cm³/mol. The zero-order valence-electron chi connectivity index (χ0n) is 21.8. The van der Waals surface area contributed by atoms with Crippen LogP contribution < -0.4 is 9.80 Å². The van der Waals surface area contributed by atoms with Gasteiger partial charge in [0.1, 0.15) is 11.1 Å². The first-order valence-corrected chi connectivity index (χ1v) is 13.2. The fourth-order valence-electron chi connectivity index (χ4n) is 5.65. The number of oxazole rings is 1. The number of hydrogen-bond acceptors (Lipinski definition) is 8. The SMILES string of the molecule is COC(=O)c1ccc2oc(N3C[C@@H](c4ccc(C#N)cc4)[C@]4(C3)C(=O)N(c3cc(Cl)cc(Cl)c3)C(=O)N4C)nc2c1. The fraction of sp³-hybridized carbons (Fsp3) is 0.207. The molecule has 0 aliphatic carbocycles. The Balaban J connectivity index is 1.45. The minimum Gasteiger partial charge on any atom is -0.465 e. The van der Waals surface area contributed by atoms with Crippen LogP contribution >= 0.6 is 23.2 Å². The van der Waals surface area contributed by atoms with Gasteiger partial charge in [0.15, 0.2) is 5.58 Å². The zero-order chi connectivity index (χ0) is 29.1. The van der Waals surface area contributed by atoms with Crippen LogP contribution in [-0.2, 0) is 9.53 Å². The van der Waals surface area contributed by atoms with E-state index in [2.05, 4.69) is 11.1 Å². The molecule has 3 aromatic carbocycles. The molecule has 12 heteroatoms. The van der Waals surface area contributed by atoms with Crippen LogP contribution in [-0.4, -0.2) is 60.6 Å². The quantitative estimate of drug-likeness (QED) is 0.234. The Morgan fingerprint density at radius 1 is 1.10 bits per heavy atom. The highest BCUT2D eigenvalue weighted by atomic mass is 35.5. The van der Waals surface area contributed by atoms with E-state index in [0.717, 1.165) is 10.5 Å². The second-order valence-electron chi connectivity index (χ2n) is 9.87. The Bertz CT molecular complexity index is 1760. The monoisotopic (exact) mass is 589 g/mol. The number of benzene rings is 3. The summed E-state index contributed by atoms with van der Waals surface area (Å²) in [4.78, 5) is 49.0. The Hall–Kier alpha value is -4.59. The van der Waals surface area contributed by atoms with E-state index in [1.54, 1.807) is 54.4 Å². The summed E-state index contributed by atoms with van der Waals surface area (Å²) >= 11 is 12.4. The number of aromatic nitrogens is 1. The van der Waals surface area contributed by atoms with Gasteiger partial charge in [0.2, 0.25) is 0 Å². The second-order valence-corrected chi connectivity index (χ2v) is 10.7. The maximum absolute atomic E-state index is 14.4. The Morgan fingerprint density at radius 3 is 2.46 bits per heavy atom. The molecule has 2 saturated heterocycles. The van der Waals surface area contributed by atoms with Crippen LogP contribution in [0.1, 0.15) is 27.4 Å². The number of amides is 3. The minimum atomic E-state index is -1.35. The van der Waals surface area contributed by atoms with Crippen molar-refractivity contribution in [2.45, 2.75) is 11.5 Å². The van der Waals surface area contributed by atoms with Crippen LogP contribution in [0.5, 0.6) is 0 Å². The smallest absolute Gasteiger partial charge is 0.337 e. The Kier molecular flexibility index (Phi) is 6.36. The van der Waals surface area contributed by atoms with E-state index in [4.69, 9.17) is 32.4 Å². The highest BCUT2D eigenvalue weighted by molar-refractivity contribution is 6.36. The molecule has 1 aromatic heterocycles. The molecule has 3 amide bonds. The molecule has 41 heavy (non-hydrogen) atoms. The van der Waals surface area contributed by atoms with Gasteiger partial charge in [-0.1, -0.05) is 35.3 Å². The lowest BCUT2D eigenvalue weighted by Gasteiger charge is -2.33. The van der Waals surface area contributed by atoms with Gasteiger partial charge in [-0.25, -0.2) is 14.5 Å². The van der Waals surface area contributed by atoms with Crippen molar-refractivity contribution in [1.29, 1.82) is 5.26 Å². The number of imide groups is 1. The third-order valence-corrected chi connectivity index (χ3v) is 8.11. The van der Waals surface area contributed by atoms with E-state index in [0.29, 0.717) is 22.2 Å². The first-order chi connectivity index (χ1) is 19.7. The van der Waals surface area contributed by atoms with E-state index < -0.39 is 29.4 Å². The number of nitriles is 1. The summed E-state index contributed by atoms with van der Waals surface area (Å²) in [6, 6.07) is 18.0. The first kappa shape index (κ1) is 26.6. The number of ether oxygens (including phenoxy) is 1. The van der Waals surface area contributed by atoms with Gasteiger partial charge in [-0.15, -0.1) is 0 Å². The Morgan fingerprint density at radius 2 is 1.80 bits per heavy atom. The van der Waals surface area contributed by atoms with Crippen molar-refractivity contribution in [2.75, 3.05) is 37.0 Å². The van der Waals surface area contributed by atoms with E-state index in [9.17, 15) is 19.6 Å². The van der Waals surface area contributed by atoms with Crippen LogP contribution in [0.25, 0.3) is 11.1 Å². The zero-order valence-corrected chi connectivity index (χ0v) is 23.3. The molecule has 206 valence electrons. The lowest BCUT2D eigenvalue weighted by atomic mass is 9.80. The van der Waals surface area contributed by atoms with Gasteiger partial charge in [-0.3, -0.25) is 4.79 Å². The maximum atomic E-state index is 14.4. The van der Waals surface area contributed by atoms with Gasteiger partial charge >= 0.3 is 12.0 Å². The molecule has 2 fully saturated rings. The highest BCUT2D eigenvalue weighted by Crippen LogP contribution is 2.47. The summed E-state index contributed by atoms with van der Waals surface area (Å²) in [5.41, 5.74) is 1.34. The number of carbonyl (C=O) groups excluding carboxylic acids is 3. The summed E-state index contributed by atoms with van der Waals surface area (Å²) in [6.45, 7) is 0.344. The van der Waals surface area contributed by atoms with Gasteiger partial charge in [0.25, 0.3) is 11.9 Å². The third kappa shape index (κ3) is 4.17. The molecule has 3 heterocycles. The minimum absolute atomic E-state index is 0.0697. The largest absolute Gasteiger partial charge is 0.465 e. The average molecular weight is 590 g/mol. The fourth-order valence-corrected chi connectivity index (χ4v) is 6.16. The second kappa shape index (κ2) is 9.80. The van der Waals surface area contributed by atoms with Gasteiger partial charge < -0.3 is 19.0 Å². The first-order valence-electron chi connectivity index (χ1n) is 12.5. The van der Waals surface area contributed by atoms with Gasteiger partial charge in [-0.05, 0) is 54.1 Å². The number of nitrogens with zero attached hydrogens (tertiary/aromatic N) is 5. The molecule has 0 bridgehead atoms. The van der Waals surface area contributed by atoms with E-state index in [1.807, 2.05) is 0 Å². The molecule has 0 N–H and O–H groups in total. The molecule has 0 unspecified atom stereocenters. The summed E-state index contributed by atoms with van der Waals surface area (Å²) < 4.78 is 10.8. The molecule has 6 rings (SSSR count). The highest BCUT2D eigenvalue weighted by Gasteiger charge is 2.65. The van der Waals surface area contributed by atoms with E-state index >= 15 is 0 Å². The number of halogens is 2. The lowest BCUT2D eigenvalue weighted by molar-refractivity contribution is -0.124. The number of carbonyl (C=O) groups is 3. The van der Waals surface area contributed by atoms with Gasteiger partial charge in [0.05, 0.1) is 36.5 Å². The van der Waals surface area contributed by atoms with Crippen LogP contribution in [0.15, 0.2) is 65.1 Å². The van der Waals surface area contributed by atoms with Gasteiger partial charge in [0, 0.05) is 29.6 Å². The predicted octanol–water partition coefficient (Wildman–Crippen LogP) is 5.23. The summed E-state index contributed by atoms with van der Waals surface area (Å²) in [6.07, 6.45) is 0. The summed E-state index contributed by atoms with van der Waals surface area (Å²) in [7, 11) is 2.88. The number of urea groups is 1. The van der Waals surface area contributed by atoms with E-state index in [1.165, 1.54) is 30.2 Å². The maximum Gasteiger partial charge on any atom is 0.337 e. The number of hydrogen-bond donors (Lipinski definition) is 0. The van der Waals surface area contributed by atoms with E-state index in [-0.39, 0.29) is 34.8 Å². The number of likely N-dealkylation sites (N-methyl/N-ethyl adjacent to an activating group) is 1. The molecular formula is C29H21Cl2N5O5. The standard InChI is InChI=1S/C29H21Cl2N5O5/c1-34-28(39)36(21-11-19(30)10-20(31)12-21)26(38)29(34)15-35(14-22(29)17-5-3-16(13-32)4-6-17)27-33-23-9-18(25(37)40-2)7-8-24(23)41-27/h3-12,22H,14-15H2,1-2H3/t22-,29+/m0/s1. The average Bonchev–Trinajstić information content (AvgIpc) is 3.62. The molecule has 0 radical (unpaired) electrons. The summed E-state index contributed by atoms with van der Waals surface area (Å²) in [5, 5.41) is 9.88. The van der Waals surface area contributed by atoms with Crippen LogP contribution in [0, 0.1) is 11.3 Å². The van der Waals surface area contributed by atoms with Crippen LogP contribution in [0.3, 0.4) is 0 Å². The number of fused-ring (bicyclic) bond motifs is 1. The third-order valence-electron chi connectivity index (χ3n) is 7.68. The topological polar surface area (TPSA) is 120 Å². The number of rotatable bonds is 4. The molecular weight excluding hydrogens is 569 g/mol. The molecule has 2 atom stereocenters. The number of esters is 1. The summed E-state index contributed by atoms with van der Waals surface area (Å²) in [5.74, 6) is -1.48. The van der Waals surface area contributed by atoms with Crippen LogP contribution in [0.2, 0.25) is 10.0 Å². The molecule has 1 spiro atoms. The van der Waals surface area contributed by atoms with Crippen molar-refractivity contribution >= 4 is 63.9 Å². The molecule has 0 saturated carbocycles. The number of anilines is 2. The van der Waals surface area contributed by atoms with Gasteiger partial charge in [-0.2, -0.15) is 10.2 Å². The Labute approximate surface area is 244 Å². The van der Waals surface area contributed by atoms with Crippen molar-refractivity contribution < 1.29 is 23.5 Å². The molecule has 2 aliphatic rings. The molecule has 2 aliphatic heterocycles.